The molecule has 3 unspecified atom stereocenters. The monoisotopic (exact) mass is 280 g/mol. The van der Waals surface area contributed by atoms with E-state index in [0.29, 0.717) is 6.42 Å². The Labute approximate surface area is 117 Å². The van der Waals surface area contributed by atoms with E-state index in [0.717, 1.165) is 5.56 Å². The lowest BCUT2D eigenvalue weighted by Gasteiger charge is -2.33. The molecule has 1 N–H and O–H groups in total. The van der Waals surface area contributed by atoms with Gasteiger partial charge in [-0.05, 0) is 12.0 Å². The van der Waals surface area contributed by atoms with Crippen molar-refractivity contribution < 1.29 is 14.6 Å². The van der Waals surface area contributed by atoms with Crippen LogP contribution in [0.3, 0.4) is 0 Å². The van der Waals surface area contributed by atoms with Crippen molar-refractivity contribution in [3.05, 3.63) is 46.7 Å². The highest BCUT2D eigenvalue weighted by molar-refractivity contribution is 6.32. The predicted octanol–water partition coefficient (Wildman–Crippen LogP) is 2.52. The van der Waals surface area contributed by atoms with Gasteiger partial charge in [0.25, 0.3) is 0 Å². The summed E-state index contributed by atoms with van der Waals surface area (Å²) in [7, 11) is 1.40. The average molecular weight is 281 g/mol. The summed E-state index contributed by atoms with van der Waals surface area (Å²) in [6, 6.07) is 9.77. The topological polar surface area (TPSA) is 46.5 Å². The molecule has 0 spiro atoms. The predicted molar refractivity (Wildman–Crippen MR) is 73.7 cm³/mol. The standard InChI is InChI=1S/C15H17ClO3/c1-9-11(8-10-6-4-3-5-7-10)14(18)12(16)15(19-2)13(9)17/h3-7,9,11,14,18H,8H2,1-2H3. The molecule has 1 aromatic carbocycles. The number of halogens is 1. The van der Waals surface area contributed by atoms with Crippen LogP contribution in [0, 0.1) is 11.8 Å². The molecule has 19 heavy (non-hydrogen) atoms. The van der Waals surface area contributed by atoms with Crippen LogP contribution in [0.1, 0.15) is 12.5 Å². The second-order valence-electron chi connectivity index (χ2n) is 4.83. The molecule has 1 aromatic rings. The van der Waals surface area contributed by atoms with Gasteiger partial charge in [0.15, 0.2) is 5.76 Å². The molecule has 2 rings (SSSR count). The van der Waals surface area contributed by atoms with E-state index >= 15 is 0 Å². The first-order valence-corrected chi connectivity index (χ1v) is 6.64. The molecule has 3 atom stereocenters. The van der Waals surface area contributed by atoms with E-state index in [1.807, 2.05) is 37.3 Å². The lowest BCUT2D eigenvalue weighted by atomic mass is 9.77. The first kappa shape index (κ1) is 14.1. The van der Waals surface area contributed by atoms with E-state index in [9.17, 15) is 9.90 Å². The molecule has 0 amide bonds. The lowest BCUT2D eigenvalue weighted by molar-refractivity contribution is -0.126. The highest BCUT2D eigenvalue weighted by Gasteiger charge is 2.41. The fraction of sp³-hybridized carbons (Fsp3) is 0.400. The molecule has 0 fully saturated rings. The third-order valence-electron chi connectivity index (χ3n) is 3.68. The third-order valence-corrected chi connectivity index (χ3v) is 4.08. The van der Waals surface area contributed by atoms with Crippen LogP contribution in [-0.2, 0) is 16.0 Å². The summed E-state index contributed by atoms with van der Waals surface area (Å²) in [6.45, 7) is 1.81. The normalized spacial score (nSPS) is 27.6. The number of carbonyl (C=O) groups excluding carboxylic acids is 1. The molecule has 0 aliphatic heterocycles. The molecule has 0 saturated carbocycles. The SMILES string of the molecule is COC1=C(Cl)C(O)C(Cc2ccccc2)C(C)C1=O. The molecule has 3 nitrogen and oxygen atoms in total. The third kappa shape index (κ3) is 2.67. The highest BCUT2D eigenvalue weighted by atomic mass is 35.5. The Morgan fingerprint density at radius 1 is 1.32 bits per heavy atom. The molecular weight excluding hydrogens is 264 g/mol. The van der Waals surface area contributed by atoms with Crippen molar-refractivity contribution in [2.75, 3.05) is 7.11 Å². The van der Waals surface area contributed by atoms with Crippen molar-refractivity contribution in [3.63, 3.8) is 0 Å². The van der Waals surface area contributed by atoms with E-state index in [2.05, 4.69) is 0 Å². The molecule has 1 aliphatic rings. The quantitative estimate of drug-likeness (QED) is 0.925. The molecule has 0 saturated heterocycles. The Balaban J connectivity index is 2.27. The molecule has 102 valence electrons. The number of benzene rings is 1. The van der Waals surface area contributed by atoms with Gasteiger partial charge in [-0.2, -0.15) is 0 Å². The number of ketones is 1. The average Bonchev–Trinajstić information content (AvgIpc) is 2.43. The summed E-state index contributed by atoms with van der Waals surface area (Å²) in [5, 5.41) is 10.4. The van der Waals surface area contributed by atoms with Crippen LogP contribution in [0.15, 0.2) is 41.1 Å². The van der Waals surface area contributed by atoms with E-state index in [1.54, 1.807) is 0 Å². The summed E-state index contributed by atoms with van der Waals surface area (Å²) < 4.78 is 4.99. The number of ether oxygens (including phenoxy) is 1. The molecule has 0 radical (unpaired) electrons. The van der Waals surface area contributed by atoms with E-state index in [1.165, 1.54) is 7.11 Å². The maximum Gasteiger partial charge on any atom is 0.201 e. The molecule has 1 aliphatic carbocycles. The Morgan fingerprint density at radius 2 is 1.95 bits per heavy atom. The Bertz CT molecular complexity index is 495. The van der Waals surface area contributed by atoms with Crippen LogP contribution in [-0.4, -0.2) is 24.1 Å². The molecule has 0 bridgehead atoms. The van der Waals surface area contributed by atoms with Gasteiger partial charge >= 0.3 is 0 Å². The zero-order valence-electron chi connectivity index (χ0n) is 11.0. The zero-order valence-corrected chi connectivity index (χ0v) is 11.7. The maximum absolute atomic E-state index is 12.1. The fourth-order valence-electron chi connectivity index (χ4n) is 2.49. The van der Waals surface area contributed by atoms with Gasteiger partial charge in [0.2, 0.25) is 5.78 Å². The van der Waals surface area contributed by atoms with Crippen LogP contribution in [0.25, 0.3) is 0 Å². The second kappa shape index (κ2) is 5.76. The van der Waals surface area contributed by atoms with Crippen LogP contribution in [0.4, 0.5) is 0 Å². The van der Waals surface area contributed by atoms with E-state index < -0.39 is 6.10 Å². The van der Waals surface area contributed by atoms with Gasteiger partial charge in [-0.15, -0.1) is 0 Å². The summed E-state index contributed by atoms with van der Waals surface area (Å²) in [6.07, 6.45) is -0.244. The maximum atomic E-state index is 12.1. The van der Waals surface area contributed by atoms with Crippen molar-refractivity contribution >= 4 is 17.4 Å². The second-order valence-corrected chi connectivity index (χ2v) is 5.24. The van der Waals surface area contributed by atoms with Crippen LogP contribution in [0.5, 0.6) is 0 Å². The summed E-state index contributed by atoms with van der Waals surface area (Å²) in [5.74, 6) is -0.585. The number of Topliss-reactive ketones (excluding diaryl/α,β-unsaturated/α-hetero) is 1. The zero-order chi connectivity index (χ0) is 14.0. The van der Waals surface area contributed by atoms with Crippen LogP contribution in [0.2, 0.25) is 0 Å². The van der Waals surface area contributed by atoms with E-state index in [4.69, 9.17) is 16.3 Å². The number of rotatable bonds is 3. The number of aliphatic hydroxyl groups is 1. The number of hydrogen-bond acceptors (Lipinski definition) is 3. The minimum atomic E-state index is -0.857. The van der Waals surface area contributed by atoms with Crippen molar-refractivity contribution in [2.45, 2.75) is 19.4 Å². The van der Waals surface area contributed by atoms with Gasteiger partial charge in [0.05, 0.1) is 18.2 Å². The first-order chi connectivity index (χ1) is 9.06. The number of allylic oxidation sites excluding steroid dienone is 1. The largest absolute Gasteiger partial charge is 0.492 e. The number of carbonyl (C=O) groups is 1. The molecular formula is C15H17ClO3. The summed E-state index contributed by atoms with van der Waals surface area (Å²) in [4.78, 5) is 12.1. The van der Waals surface area contributed by atoms with Gasteiger partial charge in [0, 0.05) is 11.8 Å². The number of aliphatic hydroxyl groups excluding tert-OH is 1. The van der Waals surface area contributed by atoms with Crippen LogP contribution >= 0.6 is 11.6 Å². The van der Waals surface area contributed by atoms with Crippen molar-refractivity contribution in [1.82, 2.24) is 0 Å². The Kier molecular flexibility index (Phi) is 4.27. The highest BCUT2D eigenvalue weighted by Crippen LogP contribution is 2.36. The van der Waals surface area contributed by atoms with Gasteiger partial charge in [-0.25, -0.2) is 0 Å². The van der Waals surface area contributed by atoms with Gasteiger partial charge in [-0.3, -0.25) is 4.79 Å². The number of methoxy groups -OCH3 is 1. The molecule has 0 aromatic heterocycles. The van der Waals surface area contributed by atoms with Crippen LogP contribution < -0.4 is 0 Å². The first-order valence-electron chi connectivity index (χ1n) is 6.26. The molecule has 4 heteroatoms. The fourth-order valence-corrected chi connectivity index (χ4v) is 2.82. The smallest absolute Gasteiger partial charge is 0.201 e. The summed E-state index contributed by atoms with van der Waals surface area (Å²) >= 11 is 6.04. The van der Waals surface area contributed by atoms with Crippen molar-refractivity contribution in [1.29, 1.82) is 0 Å². The minimum Gasteiger partial charge on any atom is -0.492 e. The van der Waals surface area contributed by atoms with Crippen molar-refractivity contribution in [3.8, 4) is 0 Å². The minimum absolute atomic E-state index is 0.0889. The lowest BCUT2D eigenvalue weighted by Crippen LogP contribution is -2.39. The van der Waals surface area contributed by atoms with Gasteiger partial charge in [-0.1, -0.05) is 48.9 Å². The Morgan fingerprint density at radius 3 is 2.53 bits per heavy atom. The van der Waals surface area contributed by atoms with E-state index in [-0.39, 0.29) is 28.4 Å². The van der Waals surface area contributed by atoms with Crippen molar-refractivity contribution in [2.24, 2.45) is 11.8 Å². The van der Waals surface area contributed by atoms with Gasteiger partial charge < -0.3 is 9.84 Å². The Hall–Kier alpha value is -1.32. The molecule has 0 heterocycles. The van der Waals surface area contributed by atoms with Gasteiger partial charge in [0.1, 0.15) is 0 Å². The number of hydrogen-bond donors (Lipinski definition) is 1. The summed E-state index contributed by atoms with van der Waals surface area (Å²) in [5.41, 5.74) is 1.08.